The summed E-state index contributed by atoms with van der Waals surface area (Å²) < 4.78 is 5.47. The third-order valence-electron chi connectivity index (χ3n) is 3.13. The Morgan fingerprint density at radius 3 is 2.63 bits per heavy atom. The van der Waals surface area contributed by atoms with Crippen LogP contribution in [0.4, 0.5) is 5.82 Å². The zero-order valence-corrected chi connectivity index (χ0v) is 12.8. The van der Waals surface area contributed by atoms with Gasteiger partial charge in [-0.25, -0.2) is 9.97 Å². The summed E-state index contributed by atoms with van der Waals surface area (Å²) in [7, 11) is 0. The van der Waals surface area contributed by atoms with Crippen molar-refractivity contribution < 1.29 is 4.74 Å². The van der Waals surface area contributed by atoms with Crippen molar-refractivity contribution in [3.8, 4) is 5.88 Å². The van der Waals surface area contributed by atoms with Crippen molar-refractivity contribution in [3.05, 3.63) is 12.4 Å². The van der Waals surface area contributed by atoms with Crippen LogP contribution >= 0.6 is 11.6 Å². The van der Waals surface area contributed by atoms with Gasteiger partial charge < -0.3 is 10.1 Å². The van der Waals surface area contributed by atoms with Gasteiger partial charge in [-0.3, -0.25) is 0 Å². The largest absolute Gasteiger partial charge is 0.478 e. The molecule has 0 aromatic carbocycles. The molecule has 19 heavy (non-hydrogen) atoms. The van der Waals surface area contributed by atoms with Gasteiger partial charge >= 0.3 is 0 Å². The van der Waals surface area contributed by atoms with Gasteiger partial charge in [0.05, 0.1) is 12.0 Å². The highest BCUT2D eigenvalue weighted by Gasteiger charge is 2.15. The van der Waals surface area contributed by atoms with Gasteiger partial charge in [-0.2, -0.15) is 0 Å². The summed E-state index contributed by atoms with van der Waals surface area (Å²) in [6, 6.07) is 1.81. The van der Waals surface area contributed by atoms with Crippen LogP contribution in [0.5, 0.6) is 5.88 Å². The molecule has 5 heteroatoms. The number of anilines is 1. The number of rotatable bonds is 9. The lowest BCUT2D eigenvalue weighted by Crippen LogP contribution is -2.23. The lowest BCUT2D eigenvalue weighted by Gasteiger charge is -2.19. The van der Waals surface area contributed by atoms with Gasteiger partial charge in [0.15, 0.2) is 0 Å². The van der Waals surface area contributed by atoms with E-state index in [4.69, 9.17) is 16.3 Å². The molecule has 0 amide bonds. The number of alkyl halides is 1. The van der Waals surface area contributed by atoms with Gasteiger partial charge in [-0.1, -0.05) is 33.6 Å². The fourth-order valence-electron chi connectivity index (χ4n) is 1.89. The van der Waals surface area contributed by atoms with E-state index in [-0.39, 0.29) is 5.38 Å². The third-order valence-corrected chi connectivity index (χ3v) is 3.65. The number of hydrogen-bond acceptors (Lipinski definition) is 4. The van der Waals surface area contributed by atoms with Crippen molar-refractivity contribution in [1.82, 2.24) is 9.97 Å². The maximum absolute atomic E-state index is 6.38. The summed E-state index contributed by atoms with van der Waals surface area (Å²) in [4.78, 5) is 8.23. The minimum absolute atomic E-state index is 0.116. The number of nitrogens with zero attached hydrogens (tertiary/aromatic N) is 2. The van der Waals surface area contributed by atoms with E-state index in [1.807, 2.05) is 6.07 Å². The van der Waals surface area contributed by atoms with Crippen LogP contribution < -0.4 is 10.1 Å². The van der Waals surface area contributed by atoms with Crippen LogP contribution in [0, 0.1) is 5.92 Å². The quantitative estimate of drug-likeness (QED) is 0.703. The minimum Gasteiger partial charge on any atom is -0.478 e. The fourth-order valence-corrected chi connectivity index (χ4v) is 2.32. The summed E-state index contributed by atoms with van der Waals surface area (Å²) in [5.41, 5.74) is 0. The Balaban J connectivity index is 2.48. The molecule has 0 aliphatic heterocycles. The van der Waals surface area contributed by atoms with E-state index in [0.717, 1.165) is 25.1 Å². The zero-order chi connectivity index (χ0) is 14.1. The molecule has 1 aromatic rings. The van der Waals surface area contributed by atoms with Crippen LogP contribution in [0.1, 0.15) is 40.0 Å². The molecule has 0 fully saturated rings. The Kier molecular flexibility index (Phi) is 7.56. The Morgan fingerprint density at radius 2 is 2.00 bits per heavy atom. The summed E-state index contributed by atoms with van der Waals surface area (Å²) in [6.07, 6.45) is 4.67. The molecule has 0 radical (unpaired) electrons. The van der Waals surface area contributed by atoms with E-state index in [1.165, 1.54) is 6.33 Å². The van der Waals surface area contributed by atoms with Crippen LogP contribution in [-0.2, 0) is 0 Å². The second kappa shape index (κ2) is 8.97. The number of halogens is 1. The molecule has 0 aliphatic carbocycles. The average molecular weight is 286 g/mol. The first-order valence-electron chi connectivity index (χ1n) is 7.03. The van der Waals surface area contributed by atoms with E-state index in [0.29, 0.717) is 24.9 Å². The molecular weight excluding hydrogens is 262 g/mol. The average Bonchev–Trinajstić information content (AvgIpc) is 2.44. The SMILES string of the molecule is CCCOc1cc(NCC(Cl)C(CC)CC)ncn1. The highest BCUT2D eigenvalue weighted by molar-refractivity contribution is 6.21. The first kappa shape index (κ1) is 16.0. The van der Waals surface area contributed by atoms with Gasteiger partial charge in [0, 0.05) is 12.6 Å². The summed E-state index contributed by atoms with van der Waals surface area (Å²) >= 11 is 6.38. The maximum Gasteiger partial charge on any atom is 0.218 e. The lowest BCUT2D eigenvalue weighted by molar-refractivity contribution is 0.305. The van der Waals surface area contributed by atoms with Gasteiger partial charge in [0.1, 0.15) is 12.1 Å². The Hall–Kier alpha value is -1.03. The normalized spacial score (nSPS) is 12.5. The molecule has 0 spiro atoms. The Bertz CT molecular complexity index is 358. The van der Waals surface area contributed by atoms with E-state index < -0.39 is 0 Å². The first-order valence-corrected chi connectivity index (χ1v) is 7.47. The second-order valence-electron chi connectivity index (χ2n) is 4.56. The standard InChI is InChI=1S/C14H24ClN3O/c1-4-7-19-14-8-13(17-10-18-14)16-9-12(15)11(5-2)6-3/h8,10-12H,4-7,9H2,1-3H3,(H,16,17,18). The van der Waals surface area contributed by atoms with E-state index in [9.17, 15) is 0 Å². The molecule has 1 rings (SSSR count). The summed E-state index contributed by atoms with van der Waals surface area (Å²) in [5.74, 6) is 1.90. The van der Waals surface area contributed by atoms with Crippen molar-refractivity contribution in [2.45, 2.75) is 45.4 Å². The molecule has 0 saturated carbocycles. The number of nitrogens with one attached hydrogen (secondary N) is 1. The summed E-state index contributed by atoms with van der Waals surface area (Å²) in [6.45, 7) is 7.78. The van der Waals surface area contributed by atoms with E-state index >= 15 is 0 Å². The topological polar surface area (TPSA) is 47.0 Å². The molecule has 4 nitrogen and oxygen atoms in total. The van der Waals surface area contributed by atoms with Gasteiger partial charge in [0.2, 0.25) is 5.88 Å². The van der Waals surface area contributed by atoms with Crippen LogP contribution in [0.2, 0.25) is 0 Å². The molecule has 1 N–H and O–H groups in total. The zero-order valence-electron chi connectivity index (χ0n) is 12.0. The molecular formula is C14H24ClN3O. The third kappa shape index (κ3) is 5.64. The first-order chi connectivity index (χ1) is 9.21. The maximum atomic E-state index is 6.38. The van der Waals surface area contributed by atoms with Crippen molar-refractivity contribution in [3.63, 3.8) is 0 Å². The molecule has 0 bridgehead atoms. The lowest BCUT2D eigenvalue weighted by atomic mass is 9.99. The van der Waals surface area contributed by atoms with Crippen molar-refractivity contribution in [2.75, 3.05) is 18.5 Å². The minimum atomic E-state index is 0.116. The van der Waals surface area contributed by atoms with Crippen molar-refractivity contribution in [2.24, 2.45) is 5.92 Å². The van der Waals surface area contributed by atoms with Crippen LogP contribution in [0.3, 0.4) is 0 Å². The highest BCUT2D eigenvalue weighted by atomic mass is 35.5. The smallest absolute Gasteiger partial charge is 0.218 e. The van der Waals surface area contributed by atoms with Crippen LogP contribution in [0.15, 0.2) is 12.4 Å². The van der Waals surface area contributed by atoms with Crippen molar-refractivity contribution in [1.29, 1.82) is 0 Å². The fraction of sp³-hybridized carbons (Fsp3) is 0.714. The number of aromatic nitrogens is 2. The molecule has 1 heterocycles. The predicted octanol–water partition coefficient (Wildman–Crippen LogP) is 3.72. The Labute approximate surface area is 120 Å². The molecule has 1 unspecified atom stereocenters. The monoisotopic (exact) mass is 285 g/mol. The second-order valence-corrected chi connectivity index (χ2v) is 5.12. The number of hydrogen-bond donors (Lipinski definition) is 1. The van der Waals surface area contributed by atoms with Gasteiger partial charge in [0.25, 0.3) is 0 Å². The molecule has 108 valence electrons. The van der Waals surface area contributed by atoms with Gasteiger partial charge in [-0.15, -0.1) is 11.6 Å². The van der Waals surface area contributed by atoms with Crippen molar-refractivity contribution >= 4 is 17.4 Å². The summed E-state index contributed by atoms with van der Waals surface area (Å²) in [5, 5.41) is 3.36. The molecule has 0 aliphatic rings. The molecule has 0 saturated heterocycles. The highest BCUT2D eigenvalue weighted by Crippen LogP contribution is 2.19. The van der Waals surface area contributed by atoms with Crippen LogP contribution in [-0.4, -0.2) is 28.5 Å². The molecule has 1 aromatic heterocycles. The molecule has 1 atom stereocenters. The van der Waals surface area contributed by atoms with E-state index in [2.05, 4.69) is 36.1 Å². The van der Waals surface area contributed by atoms with Crippen LogP contribution in [0.25, 0.3) is 0 Å². The number of ether oxygens (including phenoxy) is 1. The van der Waals surface area contributed by atoms with Gasteiger partial charge in [-0.05, 0) is 12.3 Å². The predicted molar refractivity (Wildman–Crippen MR) is 80.0 cm³/mol. The van der Waals surface area contributed by atoms with E-state index in [1.54, 1.807) is 0 Å². The Morgan fingerprint density at radius 1 is 1.26 bits per heavy atom.